The second-order valence-corrected chi connectivity index (χ2v) is 8.08. The molecule has 166 valence electrons. The molecule has 0 aliphatic rings. The number of aromatic nitrogens is 2. The lowest BCUT2D eigenvalue weighted by Gasteiger charge is -2.13. The third-order valence-electron chi connectivity index (χ3n) is 4.95. The zero-order valence-electron chi connectivity index (χ0n) is 18.2. The molecule has 0 bridgehead atoms. The first kappa shape index (κ1) is 22.3. The van der Waals surface area contributed by atoms with Gasteiger partial charge in [-0.1, -0.05) is 54.2 Å². The van der Waals surface area contributed by atoms with Gasteiger partial charge in [-0.05, 0) is 48.9 Å². The predicted molar refractivity (Wildman–Crippen MR) is 131 cm³/mol. The second-order valence-electron chi connectivity index (χ2n) is 7.14. The van der Waals surface area contributed by atoms with Gasteiger partial charge in [-0.3, -0.25) is 14.2 Å². The number of nitrogens with one attached hydrogen (secondary N) is 1. The van der Waals surface area contributed by atoms with Crippen molar-refractivity contribution in [3.63, 3.8) is 0 Å². The average molecular weight is 459 g/mol. The van der Waals surface area contributed by atoms with Crippen molar-refractivity contribution in [2.24, 2.45) is 5.10 Å². The van der Waals surface area contributed by atoms with Crippen LogP contribution in [0.2, 0.25) is 0 Å². The molecular formula is C25H22N4O3S. The van der Waals surface area contributed by atoms with E-state index in [-0.39, 0.29) is 17.2 Å². The number of fused-ring (bicyclic) bond motifs is 1. The summed E-state index contributed by atoms with van der Waals surface area (Å²) >= 11 is 1.18. The summed E-state index contributed by atoms with van der Waals surface area (Å²) in [5.41, 5.74) is 5.22. The lowest BCUT2D eigenvalue weighted by molar-refractivity contribution is -0.118. The van der Waals surface area contributed by atoms with E-state index in [1.807, 2.05) is 43.3 Å². The molecule has 0 saturated heterocycles. The van der Waals surface area contributed by atoms with E-state index < -0.39 is 0 Å². The molecule has 4 rings (SSSR count). The topological polar surface area (TPSA) is 85.6 Å². The zero-order chi connectivity index (χ0) is 23.2. The quantitative estimate of drug-likeness (QED) is 0.196. The molecule has 0 fully saturated rings. The van der Waals surface area contributed by atoms with Gasteiger partial charge in [0.2, 0.25) is 0 Å². The SMILES string of the molecule is COc1ccc(-n2c(SCC(=O)N/N=C(/C)c3ccccc3)nc3ccccc3c2=O)cc1. The standard InChI is InChI=1S/C25H22N4O3S/c1-17(18-8-4-3-5-9-18)27-28-23(30)16-33-25-26-22-11-7-6-10-21(22)24(31)29(25)19-12-14-20(32-2)15-13-19/h3-15H,16H2,1-2H3,(H,28,30)/b27-17-. The number of rotatable bonds is 7. The smallest absolute Gasteiger partial charge is 0.266 e. The molecule has 8 heteroatoms. The van der Waals surface area contributed by atoms with Gasteiger partial charge in [-0.15, -0.1) is 0 Å². The number of carbonyl (C=O) groups excluding carboxylic acids is 1. The number of nitrogens with zero attached hydrogens (tertiary/aromatic N) is 3. The van der Waals surface area contributed by atoms with Gasteiger partial charge in [0.1, 0.15) is 5.75 Å². The molecule has 33 heavy (non-hydrogen) atoms. The number of thioether (sulfide) groups is 1. The van der Waals surface area contributed by atoms with Crippen LogP contribution < -0.4 is 15.7 Å². The highest BCUT2D eigenvalue weighted by atomic mass is 32.2. The van der Waals surface area contributed by atoms with Crippen molar-refractivity contribution in [3.8, 4) is 11.4 Å². The van der Waals surface area contributed by atoms with Gasteiger partial charge in [0.05, 0.1) is 35.2 Å². The van der Waals surface area contributed by atoms with Crippen molar-refractivity contribution in [3.05, 3.63) is 94.8 Å². The summed E-state index contributed by atoms with van der Waals surface area (Å²) in [4.78, 5) is 30.4. The maximum atomic E-state index is 13.3. The summed E-state index contributed by atoms with van der Waals surface area (Å²) in [5, 5.41) is 5.10. The minimum atomic E-state index is -0.293. The molecule has 0 atom stereocenters. The summed E-state index contributed by atoms with van der Waals surface area (Å²) in [6.07, 6.45) is 0. The van der Waals surface area contributed by atoms with Crippen molar-refractivity contribution in [1.29, 1.82) is 0 Å². The number of hydrogen-bond donors (Lipinski definition) is 1. The number of methoxy groups -OCH3 is 1. The van der Waals surface area contributed by atoms with E-state index in [2.05, 4.69) is 15.5 Å². The molecular weight excluding hydrogens is 436 g/mol. The molecule has 4 aromatic rings. The van der Waals surface area contributed by atoms with Crippen LogP contribution in [0.4, 0.5) is 0 Å². The molecule has 0 spiro atoms. The zero-order valence-corrected chi connectivity index (χ0v) is 19.0. The van der Waals surface area contributed by atoms with Crippen LogP contribution in [0, 0.1) is 0 Å². The monoisotopic (exact) mass is 458 g/mol. The Labute approximate surface area is 195 Å². The van der Waals surface area contributed by atoms with Crippen molar-refractivity contribution < 1.29 is 9.53 Å². The third-order valence-corrected chi connectivity index (χ3v) is 5.89. The molecule has 3 aromatic carbocycles. The highest BCUT2D eigenvalue weighted by molar-refractivity contribution is 7.99. The Morgan fingerprint density at radius 2 is 1.73 bits per heavy atom. The van der Waals surface area contributed by atoms with Gasteiger partial charge in [-0.2, -0.15) is 5.10 Å². The number of amides is 1. The first-order valence-corrected chi connectivity index (χ1v) is 11.2. The predicted octanol–water partition coefficient (Wildman–Crippen LogP) is 4.03. The lowest BCUT2D eigenvalue weighted by atomic mass is 10.1. The molecule has 1 amide bonds. The van der Waals surface area contributed by atoms with Crippen molar-refractivity contribution in [2.75, 3.05) is 12.9 Å². The van der Waals surface area contributed by atoms with Crippen molar-refractivity contribution in [2.45, 2.75) is 12.1 Å². The van der Waals surface area contributed by atoms with E-state index in [0.717, 1.165) is 5.56 Å². The number of ether oxygens (including phenoxy) is 1. The highest BCUT2D eigenvalue weighted by Crippen LogP contribution is 2.22. The molecule has 7 nitrogen and oxygen atoms in total. The Hall–Kier alpha value is -3.91. The number of hydrogen-bond acceptors (Lipinski definition) is 6. The minimum absolute atomic E-state index is 0.0481. The summed E-state index contributed by atoms with van der Waals surface area (Å²) < 4.78 is 6.73. The van der Waals surface area contributed by atoms with Gasteiger partial charge >= 0.3 is 0 Å². The summed E-state index contributed by atoms with van der Waals surface area (Å²) in [6.45, 7) is 1.83. The molecule has 1 heterocycles. The highest BCUT2D eigenvalue weighted by Gasteiger charge is 2.15. The Kier molecular flexibility index (Phi) is 6.85. The van der Waals surface area contributed by atoms with Crippen LogP contribution in [0.25, 0.3) is 16.6 Å². The molecule has 0 aliphatic carbocycles. The number of carbonyl (C=O) groups is 1. The number of para-hydroxylation sites is 1. The third kappa shape index (κ3) is 5.12. The lowest BCUT2D eigenvalue weighted by Crippen LogP contribution is -2.24. The molecule has 0 unspecified atom stereocenters. The largest absolute Gasteiger partial charge is 0.497 e. The van der Waals surface area contributed by atoms with Crippen LogP contribution in [0.15, 0.2) is 93.9 Å². The summed E-state index contributed by atoms with van der Waals surface area (Å²) in [5.74, 6) is 0.437. The molecule has 0 saturated carbocycles. The van der Waals surface area contributed by atoms with Crippen LogP contribution in [-0.2, 0) is 4.79 Å². The molecule has 1 aromatic heterocycles. The van der Waals surface area contributed by atoms with Crippen molar-refractivity contribution >= 4 is 34.3 Å². The van der Waals surface area contributed by atoms with E-state index in [1.54, 1.807) is 49.6 Å². The number of hydrazone groups is 1. The van der Waals surface area contributed by atoms with Crippen LogP contribution in [-0.4, -0.2) is 34.0 Å². The fourth-order valence-corrected chi connectivity index (χ4v) is 4.03. The van der Waals surface area contributed by atoms with Crippen molar-refractivity contribution in [1.82, 2.24) is 15.0 Å². The van der Waals surface area contributed by atoms with Gasteiger partial charge in [0, 0.05) is 0 Å². The Balaban J connectivity index is 1.60. The summed E-state index contributed by atoms with van der Waals surface area (Å²) in [7, 11) is 1.58. The Bertz CT molecular complexity index is 1370. The average Bonchev–Trinajstić information content (AvgIpc) is 2.87. The normalized spacial score (nSPS) is 11.4. The maximum Gasteiger partial charge on any atom is 0.266 e. The van der Waals surface area contributed by atoms with E-state index >= 15 is 0 Å². The molecule has 1 N–H and O–H groups in total. The van der Waals surface area contributed by atoms with E-state index in [1.165, 1.54) is 16.3 Å². The second kappa shape index (κ2) is 10.1. The Morgan fingerprint density at radius 1 is 1.03 bits per heavy atom. The van der Waals surface area contributed by atoms with E-state index in [0.29, 0.717) is 33.2 Å². The fraction of sp³-hybridized carbons (Fsp3) is 0.120. The first-order valence-electron chi connectivity index (χ1n) is 10.2. The first-order chi connectivity index (χ1) is 16.1. The van der Waals surface area contributed by atoms with Gasteiger partial charge in [0.15, 0.2) is 5.16 Å². The molecule has 0 radical (unpaired) electrons. The van der Waals surface area contributed by atoms with Crippen LogP contribution >= 0.6 is 11.8 Å². The summed E-state index contributed by atoms with van der Waals surface area (Å²) in [6, 6.07) is 23.9. The molecule has 0 aliphatic heterocycles. The number of benzene rings is 3. The fourth-order valence-electron chi connectivity index (χ4n) is 3.22. The van der Waals surface area contributed by atoms with Crippen LogP contribution in [0.1, 0.15) is 12.5 Å². The minimum Gasteiger partial charge on any atom is -0.497 e. The van der Waals surface area contributed by atoms with E-state index in [4.69, 9.17) is 4.74 Å². The Morgan fingerprint density at radius 3 is 2.45 bits per heavy atom. The van der Waals surface area contributed by atoms with Gasteiger partial charge < -0.3 is 4.74 Å². The van der Waals surface area contributed by atoms with Gasteiger partial charge in [0.25, 0.3) is 11.5 Å². The van der Waals surface area contributed by atoms with E-state index in [9.17, 15) is 9.59 Å². The van der Waals surface area contributed by atoms with Gasteiger partial charge in [-0.25, -0.2) is 10.4 Å². The van der Waals surface area contributed by atoms with Crippen LogP contribution in [0.5, 0.6) is 5.75 Å². The maximum absolute atomic E-state index is 13.3. The van der Waals surface area contributed by atoms with Crippen LogP contribution in [0.3, 0.4) is 0 Å².